The molecule has 0 radical (unpaired) electrons. The number of anilines is 1. The maximum atomic E-state index is 12.5. The molecule has 1 aliphatic heterocycles. The molecule has 25 heavy (non-hydrogen) atoms. The number of halogens is 2. The zero-order valence-corrected chi connectivity index (χ0v) is 15.6. The van der Waals surface area contributed by atoms with Gasteiger partial charge in [-0.2, -0.15) is 0 Å². The molecular formula is C18H14Cl2N2O2S. The van der Waals surface area contributed by atoms with Crippen molar-refractivity contribution in [1.82, 2.24) is 4.90 Å². The molecule has 0 aromatic heterocycles. The highest BCUT2D eigenvalue weighted by atomic mass is 35.5. The Hall–Kier alpha value is -1.95. The largest absolute Gasteiger partial charge is 0.367 e. The second-order valence-electron chi connectivity index (χ2n) is 5.41. The summed E-state index contributed by atoms with van der Waals surface area (Å²) in [4.78, 5) is 26.2. The number of benzene rings is 2. The smallest absolute Gasteiger partial charge is 0.295 e. The number of nitrogens with one attached hydrogen (secondary N) is 1. The van der Waals surface area contributed by atoms with E-state index in [2.05, 4.69) is 5.32 Å². The van der Waals surface area contributed by atoms with Crippen molar-refractivity contribution in [2.45, 2.75) is 6.92 Å². The summed E-state index contributed by atoms with van der Waals surface area (Å²) in [6.07, 6.45) is 1.69. The molecule has 1 aliphatic rings. The summed E-state index contributed by atoms with van der Waals surface area (Å²) in [5.41, 5.74) is 2.47. The van der Waals surface area contributed by atoms with Crippen LogP contribution in [0.15, 0.2) is 47.4 Å². The number of carbonyl (C=O) groups is 2. The maximum Gasteiger partial charge on any atom is 0.295 e. The normalized spacial score (nSPS) is 16.0. The van der Waals surface area contributed by atoms with Gasteiger partial charge < -0.3 is 5.32 Å². The minimum Gasteiger partial charge on any atom is -0.367 e. The average Bonchev–Trinajstić information content (AvgIpc) is 2.85. The lowest BCUT2D eigenvalue weighted by molar-refractivity contribution is -0.122. The zero-order valence-electron chi connectivity index (χ0n) is 13.3. The summed E-state index contributed by atoms with van der Waals surface area (Å²) in [6.45, 7) is 1.96. The third kappa shape index (κ3) is 4.00. The van der Waals surface area contributed by atoms with Crippen LogP contribution in [0.1, 0.15) is 11.1 Å². The van der Waals surface area contributed by atoms with Crippen molar-refractivity contribution >= 4 is 57.9 Å². The number of amides is 2. The first-order chi connectivity index (χ1) is 12.0. The SMILES string of the molecule is Cc1c(Cl)cccc1NCN1C(=O)S/C(=C/c2ccc(Cl)cc2)C1=O. The van der Waals surface area contributed by atoms with Crippen molar-refractivity contribution in [3.05, 3.63) is 68.5 Å². The van der Waals surface area contributed by atoms with Crippen molar-refractivity contribution in [1.29, 1.82) is 0 Å². The van der Waals surface area contributed by atoms with Crippen molar-refractivity contribution in [3.8, 4) is 0 Å². The van der Waals surface area contributed by atoms with Crippen LogP contribution < -0.4 is 5.32 Å². The fraction of sp³-hybridized carbons (Fsp3) is 0.111. The standard InChI is InChI=1S/C18H14Cl2N2O2S/c1-11-14(20)3-2-4-15(11)21-10-22-17(23)16(25-18(22)24)9-12-5-7-13(19)8-6-12/h2-9,21H,10H2,1H3/b16-9+. The summed E-state index contributed by atoms with van der Waals surface area (Å²) in [5.74, 6) is -0.322. The lowest BCUT2D eigenvalue weighted by Gasteiger charge is -2.16. The maximum absolute atomic E-state index is 12.5. The van der Waals surface area contributed by atoms with E-state index in [1.54, 1.807) is 36.4 Å². The van der Waals surface area contributed by atoms with E-state index in [-0.39, 0.29) is 17.8 Å². The molecule has 0 spiro atoms. The van der Waals surface area contributed by atoms with Crippen LogP contribution >= 0.6 is 35.0 Å². The molecule has 1 fully saturated rings. The average molecular weight is 393 g/mol. The number of rotatable bonds is 4. The number of imide groups is 1. The molecule has 0 bridgehead atoms. The quantitative estimate of drug-likeness (QED) is 0.706. The van der Waals surface area contributed by atoms with Gasteiger partial charge in [-0.3, -0.25) is 14.5 Å². The van der Waals surface area contributed by atoms with E-state index in [0.717, 1.165) is 28.6 Å². The van der Waals surface area contributed by atoms with Crippen LogP contribution in [0.4, 0.5) is 10.5 Å². The Morgan fingerprint density at radius 1 is 1.12 bits per heavy atom. The molecule has 7 heteroatoms. The summed E-state index contributed by atoms with van der Waals surface area (Å²) >= 11 is 12.9. The minimum atomic E-state index is -0.322. The van der Waals surface area contributed by atoms with Gasteiger partial charge in [-0.1, -0.05) is 41.4 Å². The van der Waals surface area contributed by atoms with Gasteiger partial charge in [-0.05, 0) is 60.2 Å². The predicted octanol–water partition coefficient (Wildman–Crippen LogP) is 5.41. The highest BCUT2D eigenvalue weighted by Crippen LogP contribution is 2.32. The molecule has 2 aromatic carbocycles. The van der Waals surface area contributed by atoms with E-state index in [4.69, 9.17) is 23.2 Å². The monoisotopic (exact) mass is 392 g/mol. The summed E-state index contributed by atoms with van der Waals surface area (Å²) in [5, 5.41) is 4.03. The molecule has 3 rings (SSSR count). The molecule has 0 atom stereocenters. The fourth-order valence-corrected chi connectivity index (χ4v) is 3.45. The Kier molecular flexibility index (Phi) is 5.37. The molecule has 2 aromatic rings. The summed E-state index contributed by atoms with van der Waals surface area (Å²) in [6, 6.07) is 12.5. The van der Waals surface area contributed by atoms with Gasteiger partial charge in [0, 0.05) is 15.7 Å². The fourth-order valence-electron chi connectivity index (χ4n) is 2.31. The highest BCUT2D eigenvalue weighted by molar-refractivity contribution is 8.18. The first-order valence-electron chi connectivity index (χ1n) is 7.45. The molecule has 1 saturated heterocycles. The van der Waals surface area contributed by atoms with Gasteiger partial charge in [0.15, 0.2) is 0 Å². The van der Waals surface area contributed by atoms with Crippen LogP contribution in [0.3, 0.4) is 0 Å². The Morgan fingerprint density at radius 3 is 2.56 bits per heavy atom. The number of hydrogen-bond donors (Lipinski definition) is 1. The van der Waals surface area contributed by atoms with E-state index in [1.807, 2.05) is 19.1 Å². The van der Waals surface area contributed by atoms with Crippen LogP contribution in [-0.4, -0.2) is 22.7 Å². The molecule has 0 unspecified atom stereocenters. The number of thioether (sulfide) groups is 1. The predicted molar refractivity (Wildman–Crippen MR) is 104 cm³/mol. The van der Waals surface area contributed by atoms with Gasteiger partial charge >= 0.3 is 0 Å². The van der Waals surface area contributed by atoms with Gasteiger partial charge in [0.05, 0.1) is 11.6 Å². The van der Waals surface area contributed by atoms with Gasteiger partial charge in [0.1, 0.15) is 0 Å². The first-order valence-corrected chi connectivity index (χ1v) is 9.03. The van der Waals surface area contributed by atoms with Gasteiger partial charge in [0.25, 0.3) is 11.1 Å². The number of nitrogens with zero attached hydrogens (tertiary/aromatic N) is 1. The minimum absolute atomic E-state index is 0.0871. The summed E-state index contributed by atoms with van der Waals surface area (Å²) < 4.78 is 0. The van der Waals surface area contributed by atoms with Crippen molar-refractivity contribution in [2.24, 2.45) is 0 Å². The van der Waals surface area contributed by atoms with Crippen LogP contribution in [-0.2, 0) is 4.79 Å². The second kappa shape index (κ2) is 7.52. The molecule has 0 saturated carbocycles. The summed E-state index contributed by atoms with van der Waals surface area (Å²) in [7, 11) is 0. The zero-order chi connectivity index (χ0) is 18.0. The van der Waals surface area contributed by atoms with E-state index in [1.165, 1.54) is 4.90 Å². The Balaban J connectivity index is 1.73. The van der Waals surface area contributed by atoms with Gasteiger partial charge in [-0.15, -0.1) is 0 Å². The van der Waals surface area contributed by atoms with Crippen molar-refractivity contribution in [3.63, 3.8) is 0 Å². The third-order valence-electron chi connectivity index (χ3n) is 3.74. The molecule has 4 nitrogen and oxygen atoms in total. The Labute approximate surface area is 159 Å². The number of hydrogen-bond acceptors (Lipinski definition) is 4. The van der Waals surface area contributed by atoms with Gasteiger partial charge in [-0.25, -0.2) is 0 Å². The van der Waals surface area contributed by atoms with E-state index < -0.39 is 0 Å². The van der Waals surface area contributed by atoms with E-state index in [0.29, 0.717) is 15.0 Å². The topological polar surface area (TPSA) is 49.4 Å². The molecule has 1 N–H and O–H groups in total. The second-order valence-corrected chi connectivity index (χ2v) is 7.25. The van der Waals surface area contributed by atoms with Crippen molar-refractivity contribution in [2.75, 3.05) is 12.0 Å². The number of carbonyl (C=O) groups excluding carboxylic acids is 2. The third-order valence-corrected chi connectivity index (χ3v) is 5.31. The molecule has 1 heterocycles. The van der Waals surface area contributed by atoms with E-state index in [9.17, 15) is 9.59 Å². The molecule has 2 amide bonds. The Morgan fingerprint density at radius 2 is 1.84 bits per heavy atom. The molecule has 128 valence electrons. The van der Waals surface area contributed by atoms with E-state index >= 15 is 0 Å². The van der Waals surface area contributed by atoms with Crippen LogP contribution in [0.5, 0.6) is 0 Å². The highest BCUT2D eigenvalue weighted by Gasteiger charge is 2.34. The Bertz CT molecular complexity index is 866. The van der Waals surface area contributed by atoms with Crippen LogP contribution in [0.25, 0.3) is 6.08 Å². The van der Waals surface area contributed by atoms with Crippen molar-refractivity contribution < 1.29 is 9.59 Å². The van der Waals surface area contributed by atoms with Crippen LogP contribution in [0, 0.1) is 6.92 Å². The molecule has 0 aliphatic carbocycles. The van der Waals surface area contributed by atoms with Crippen LogP contribution in [0.2, 0.25) is 10.0 Å². The first kappa shape index (κ1) is 17.9. The lowest BCUT2D eigenvalue weighted by atomic mass is 10.2. The van der Waals surface area contributed by atoms with Gasteiger partial charge in [0.2, 0.25) is 0 Å². The molecular weight excluding hydrogens is 379 g/mol. The lowest BCUT2D eigenvalue weighted by Crippen LogP contribution is -2.33.